The first kappa shape index (κ1) is 25.0. The van der Waals surface area contributed by atoms with E-state index in [2.05, 4.69) is 0 Å². The molecule has 0 aliphatic rings. The number of hydrogen-bond donors (Lipinski definition) is 2. The van der Waals surface area contributed by atoms with Crippen LogP contribution in [0.4, 0.5) is 0 Å². The molecule has 6 rings (SSSR count). The van der Waals surface area contributed by atoms with E-state index in [4.69, 9.17) is 34.7 Å². The quantitative estimate of drug-likeness (QED) is 0.321. The molecule has 0 saturated carbocycles. The van der Waals surface area contributed by atoms with Crippen molar-refractivity contribution < 1.29 is 19.2 Å². The summed E-state index contributed by atoms with van der Waals surface area (Å²) in [6.45, 7) is 0. The Hall–Kier alpha value is -4.66. The summed E-state index contributed by atoms with van der Waals surface area (Å²) in [4.78, 5) is 46.9. The second-order valence-corrected chi connectivity index (χ2v) is 9.25. The number of nitrogens with zero attached hydrogens (tertiary/aromatic N) is 2. The zero-order chi connectivity index (χ0) is 27.1. The van der Waals surface area contributed by atoms with E-state index in [0.717, 1.165) is 22.1 Å². The van der Waals surface area contributed by atoms with Gasteiger partial charge in [0.25, 0.3) is 11.8 Å². The number of amides is 2. The van der Waals surface area contributed by atoms with Gasteiger partial charge in [0.1, 0.15) is 0 Å². The van der Waals surface area contributed by atoms with Crippen LogP contribution in [0.3, 0.4) is 0 Å². The number of nitrogens with two attached hydrogens (primary N) is 2. The standard InChI is InChI=1S/C14H8Cl2N2O2.C14H10N2O2/c15-10-5-7(13(17)19)6-11(16)12(10)14(20)18-8-1-2-9(18)4-3-8;15-13(17)9-1-3-10(4-2-9)14(18)16-11-5-6-12(16)8-7-11/h1-6H,(H2,17,19);1-8H,(H2,15,17). The molecule has 6 aromatic rings. The Labute approximate surface area is 225 Å². The number of halogens is 2. The zero-order valence-corrected chi connectivity index (χ0v) is 21.0. The van der Waals surface area contributed by atoms with Gasteiger partial charge in [0, 0.05) is 38.8 Å². The molecule has 0 aliphatic carbocycles. The molecule has 0 spiro atoms. The summed E-state index contributed by atoms with van der Waals surface area (Å²) in [7, 11) is 0. The fourth-order valence-electron chi connectivity index (χ4n) is 4.21. The Balaban J connectivity index is 0.000000156. The van der Waals surface area contributed by atoms with Crippen molar-refractivity contribution in [3.8, 4) is 0 Å². The summed E-state index contributed by atoms with van der Waals surface area (Å²) >= 11 is 12.1. The molecule has 0 fully saturated rings. The van der Waals surface area contributed by atoms with Gasteiger partial charge in [0.2, 0.25) is 11.8 Å². The second-order valence-electron chi connectivity index (χ2n) is 8.43. The van der Waals surface area contributed by atoms with Gasteiger partial charge in [-0.25, -0.2) is 0 Å². The van der Waals surface area contributed by atoms with E-state index >= 15 is 0 Å². The van der Waals surface area contributed by atoms with Gasteiger partial charge >= 0.3 is 0 Å². The predicted octanol–water partition coefficient (Wildman–Crippen LogP) is 5.04. The van der Waals surface area contributed by atoms with Crippen LogP contribution in [-0.4, -0.2) is 32.8 Å². The van der Waals surface area contributed by atoms with Gasteiger partial charge in [0.15, 0.2) is 0 Å². The first-order valence-electron chi connectivity index (χ1n) is 11.2. The maximum absolute atomic E-state index is 12.5. The zero-order valence-electron chi connectivity index (χ0n) is 19.5. The van der Waals surface area contributed by atoms with E-state index in [0.29, 0.717) is 11.1 Å². The molecule has 4 aromatic heterocycles. The third-order valence-corrected chi connectivity index (χ3v) is 6.69. The fourth-order valence-corrected chi connectivity index (χ4v) is 4.86. The molecule has 0 saturated heterocycles. The van der Waals surface area contributed by atoms with Crippen LogP contribution < -0.4 is 11.5 Å². The molecule has 4 N–H and O–H groups in total. The molecule has 10 heteroatoms. The largest absolute Gasteiger partial charge is 0.366 e. The number of benzene rings is 4. The third-order valence-electron chi connectivity index (χ3n) is 6.10. The van der Waals surface area contributed by atoms with Crippen molar-refractivity contribution in [3.63, 3.8) is 0 Å². The van der Waals surface area contributed by atoms with Crippen LogP contribution in [0.1, 0.15) is 41.4 Å². The van der Waals surface area contributed by atoms with Crippen molar-refractivity contribution in [3.05, 3.63) is 117 Å². The van der Waals surface area contributed by atoms with Crippen molar-refractivity contribution in [2.45, 2.75) is 0 Å². The highest BCUT2D eigenvalue weighted by atomic mass is 35.5. The van der Waals surface area contributed by atoms with Gasteiger partial charge in [0.05, 0.1) is 15.6 Å². The van der Waals surface area contributed by atoms with Crippen molar-refractivity contribution in [2.24, 2.45) is 11.5 Å². The molecule has 8 nitrogen and oxygen atoms in total. The van der Waals surface area contributed by atoms with Crippen LogP contribution in [0, 0.1) is 0 Å². The van der Waals surface area contributed by atoms with Crippen LogP contribution in [0.15, 0.2) is 84.9 Å². The molecule has 188 valence electrons. The molecule has 0 unspecified atom stereocenters. The summed E-state index contributed by atoms with van der Waals surface area (Å²) < 4.78 is 3.15. The molecule has 38 heavy (non-hydrogen) atoms. The van der Waals surface area contributed by atoms with Crippen molar-refractivity contribution in [2.75, 3.05) is 0 Å². The second kappa shape index (κ2) is 9.66. The van der Waals surface area contributed by atoms with E-state index in [9.17, 15) is 19.2 Å². The summed E-state index contributed by atoms with van der Waals surface area (Å²) in [6.07, 6.45) is 0. The van der Waals surface area contributed by atoms with Crippen LogP contribution in [0.5, 0.6) is 0 Å². The molecule has 2 amide bonds. The minimum atomic E-state index is -0.652. The Morgan fingerprint density at radius 1 is 0.500 bits per heavy atom. The smallest absolute Gasteiger partial charge is 0.265 e. The molecule has 2 aromatic carbocycles. The Morgan fingerprint density at radius 2 is 0.842 bits per heavy atom. The molecular formula is C28H18Cl2N4O4. The molecule has 0 radical (unpaired) electrons. The molecule has 4 bridgehead atoms. The number of primary amides is 2. The van der Waals surface area contributed by atoms with Gasteiger partial charge in [-0.2, -0.15) is 0 Å². The lowest BCUT2D eigenvalue weighted by atomic mass is 10.1. The SMILES string of the molecule is NC(=O)c1cc(Cl)c(C(=O)n2c3ccc2cc3)c(Cl)c1.NC(=O)c1ccc(C(=O)n2c3ccc2cc3)cc1. The van der Waals surface area contributed by atoms with Gasteiger partial charge in [-0.05, 0) is 84.9 Å². The van der Waals surface area contributed by atoms with Gasteiger partial charge < -0.3 is 11.5 Å². The summed E-state index contributed by atoms with van der Waals surface area (Å²) in [5, 5.41) is 0.201. The number of carbonyl (C=O) groups excluding carboxylic acids is 4. The number of hydrogen-bond acceptors (Lipinski definition) is 4. The third kappa shape index (κ3) is 4.36. The summed E-state index contributed by atoms with van der Waals surface area (Å²) in [5.74, 6) is -1.59. The normalized spacial score (nSPS) is 11.0. The highest BCUT2D eigenvalue weighted by molar-refractivity contribution is 6.40. The van der Waals surface area contributed by atoms with Gasteiger partial charge in [-0.3, -0.25) is 28.3 Å². The lowest BCUT2D eigenvalue weighted by molar-refractivity contribution is 0.0961. The monoisotopic (exact) mass is 544 g/mol. The molecule has 4 heterocycles. The van der Waals surface area contributed by atoms with Crippen molar-refractivity contribution >= 4 is 68.9 Å². The highest BCUT2D eigenvalue weighted by Crippen LogP contribution is 2.29. The fraction of sp³-hybridized carbons (Fsp3) is 0. The first-order chi connectivity index (χ1) is 18.2. The minimum absolute atomic E-state index is 0.101. The Kier molecular flexibility index (Phi) is 6.36. The predicted molar refractivity (Wildman–Crippen MR) is 146 cm³/mol. The summed E-state index contributed by atoms with van der Waals surface area (Å²) in [5.41, 5.74) is 14.8. The number of aromatic nitrogens is 2. The van der Waals surface area contributed by atoms with Crippen LogP contribution in [0.25, 0.3) is 22.1 Å². The van der Waals surface area contributed by atoms with E-state index in [1.165, 1.54) is 16.7 Å². The average molecular weight is 545 g/mol. The van der Waals surface area contributed by atoms with Gasteiger partial charge in [-0.15, -0.1) is 0 Å². The topological polar surface area (TPSA) is 130 Å². The Bertz CT molecular complexity index is 1720. The lowest BCUT2D eigenvalue weighted by Crippen LogP contribution is -2.15. The van der Waals surface area contributed by atoms with Gasteiger partial charge in [-0.1, -0.05) is 23.2 Å². The van der Waals surface area contributed by atoms with Crippen LogP contribution >= 0.6 is 23.2 Å². The maximum Gasteiger partial charge on any atom is 0.265 e. The van der Waals surface area contributed by atoms with E-state index < -0.39 is 11.8 Å². The minimum Gasteiger partial charge on any atom is -0.366 e. The first-order valence-corrected chi connectivity index (χ1v) is 12.0. The number of carbonyl (C=O) groups is 4. The number of rotatable bonds is 4. The molecule has 0 atom stereocenters. The van der Waals surface area contributed by atoms with E-state index in [1.54, 1.807) is 28.8 Å². The van der Waals surface area contributed by atoms with Crippen LogP contribution in [-0.2, 0) is 0 Å². The van der Waals surface area contributed by atoms with Crippen molar-refractivity contribution in [1.82, 2.24) is 9.13 Å². The van der Waals surface area contributed by atoms with Crippen LogP contribution in [0.2, 0.25) is 10.0 Å². The number of fused-ring (bicyclic) bond motifs is 4. The maximum atomic E-state index is 12.5. The van der Waals surface area contributed by atoms with E-state index in [1.807, 2.05) is 48.5 Å². The molecular weight excluding hydrogens is 527 g/mol. The molecule has 0 aliphatic heterocycles. The lowest BCUT2D eigenvalue weighted by Gasteiger charge is -2.09. The summed E-state index contributed by atoms with van der Waals surface area (Å²) in [6, 6.07) is 23.9. The van der Waals surface area contributed by atoms with Crippen molar-refractivity contribution in [1.29, 1.82) is 0 Å². The Morgan fingerprint density at radius 3 is 1.21 bits per heavy atom. The average Bonchev–Trinajstić information content (AvgIpc) is 3.69. The highest BCUT2D eigenvalue weighted by Gasteiger charge is 2.21. The van der Waals surface area contributed by atoms with E-state index in [-0.39, 0.29) is 33.0 Å².